The minimum absolute atomic E-state index is 0. The second-order valence-electron chi connectivity index (χ2n) is 13.8. The number of carbonyl (C=O) groups excluding carboxylic acids is 2. The van der Waals surface area contributed by atoms with Gasteiger partial charge in [-0.1, -0.05) is 141 Å². The van der Waals surface area contributed by atoms with Gasteiger partial charge in [-0.15, -0.1) is 0 Å². The Balaban J connectivity index is 0. The zero-order valence-electron chi connectivity index (χ0n) is 33.2. The van der Waals surface area contributed by atoms with Crippen molar-refractivity contribution in [2.75, 3.05) is 26.4 Å². The molecule has 0 saturated heterocycles. The number of ether oxygens (including phenoxy) is 2. The number of carbonyl (C=O) groups is 2. The Labute approximate surface area is 349 Å². The Hall–Kier alpha value is -0.250. The molecule has 0 rings (SSSR count). The number of esters is 2. The fourth-order valence-electron chi connectivity index (χ4n) is 5.68. The summed E-state index contributed by atoms with van der Waals surface area (Å²) in [5, 5.41) is 0. The van der Waals surface area contributed by atoms with Crippen molar-refractivity contribution in [2.24, 2.45) is 5.73 Å². The average Bonchev–Trinajstić information content (AvgIpc) is 3.11. The van der Waals surface area contributed by atoms with E-state index in [4.69, 9.17) is 24.3 Å². The maximum absolute atomic E-state index is 12.5. The molecule has 0 bridgehead atoms. The van der Waals surface area contributed by atoms with E-state index in [0.717, 1.165) is 70.6 Å². The molecular weight excluding hydrogens is 705 g/mol. The first-order valence-electron chi connectivity index (χ1n) is 20.8. The van der Waals surface area contributed by atoms with Crippen molar-refractivity contribution in [1.29, 1.82) is 0 Å². The SMILES string of the molecule is CCCCCCCC/C=C\CCCCCCCC(=O)OCC(COP(=O)(O)OCCN)OC(=O)CCCCCCC/C=C\CCCCCCCC.[Ar]. The molecule has 0 spiro atoms. The maximum Gasteiger partial charge on any atom is 0.472 e. The molecule has 308 valence electrons. The number of nitrogens with two attached hydrogens (primary N) is 1. The van der Waals surface area contributed by atoms with Crippen LogP contribution in [-0.4, -0.2) is 49.3 Å². The second kappa shape index (κ2) is 41.9. The summed E-state index contributed by atoms with van der Waals surface area (Å²) in [6.07, 6.45) is 39.2. The first kappa shape index (κ1) is 53.9. The standard InChI is InChI=1S/C41H78NO8P.Ar/c1-3-5-7-9-11-13-15-17-19-21-23-25-27-29-31-33-40(43)47-37-39(38-49-51(45,46)48-36-35-42)50-41(44)34-32-30-28-26-24-22-20-18-16-14-12-10-8-6-4-2;/h17-20,39H,3-16,21-38,42H2,1-2H3,(H,45,46);/b19-17-,20-18-;. The van der Waals surface area contributed by atoms with Crippen LogP contribution in [0.4, 0.5) is 0 Å². The average molecular weight is 784 g/mol. The Morgan fingerprint density at radius 3 is 1.38 bits per heavy atom. The van der Waals surface area contributed by atoms with E-state index in [9.17, 15) is 19.0 Å². The summed E-state index contributed by atoms with van der Waals surface area (Å²) in [4.78, 5) is 34.8. The van der Waals surface area contributed by atoms with E-state index in [1.807, 2.05) is 0 Å². The summed E-state index contributed by atoms with van der Waals surface area (Å²) < 4.78 is 32.7. The molecule has 0 aromatic carbocycles. The molecule has 0 saturated carbocycles. The third-order valence-electron chi connectivity index (χ3n) is 8.81. The molecule has 9 nitrogen and oxygen atoms in total. The van der Waals surface area contributed by atoms with Crippen LogP contribution in [0.15, 0.2) is 24.3 Å². The van der Waals surface area contributed by atoms with Gasteiger partial charge >= 0.3 is 19.8 Å². The summed E-state index contributed by atoms with van der Waals surface area (Å²) in [6, 6.07) is 0. The van der Waals surface area contributed by atoms with E-state index < -0.39 is 32.5 Å². The summed E-state index contributed by atoms with van der Waals surface area (Å²) in [5.41, 5.74) is 5.34. The van der Waals surface area contributed by atoms with Gasteiger partial charge in [-0.2, -0.15) is 0 Å². The van der Waals surface area contributed by atoms with Crippen molar-refractivity contribution in [3.05, 3.63) is 24.3 Å². The van der Waals surface area contributed by atoms with Crippen LogP contribution in [0.1, 0.15) is 194 Å². The molecule has 3 N–H and O–H groups in total. The third kappa shape index (κ3) is 40.9. The van der Waals surface area contributed by atoms with E-state index in [1.54, 1.807) is 0 Å². The van der Waals surface area contributed by atoms with Gasteiger partial charge in [-0.05, 0) is 64.2 Å². The van der Waals surface area contributed by atoms with Crippen molar-refractivity contribution >= 4 is 19.8 Å². The molecule has 0 aliphatic carbocycles. The van der Waals surface area contributed by atoms with Crippen molar-refractivity contribution in [3.63, 3.8) is 0 Å². The van der Waals surface area contributed by atoms with E-state index in [2.05, 4.69) is 38.2 Å². The number of phosphoric ester groups is 1. The van der Waals surface area contributed by atoms with Crippen LogP contribution < -0.4 is 5.73 Å². The molecular formula is C41H78ArNO8P. The zero-order valence-corrected chi connectivity index (χ0v) is 34.8. The molecule has 0 aliphatic rings. The summed E-state index contributed by atoms with van der Waals surface area (Å²) in [7, 11) is -4.37. The normalized spacial score (nSPS) is 13.3. The van der Waals surface area contributed by atoms with Crippen LogP contribution in [0, 0.1) is 37.7 Å². The Kier molecular flexibility index (Phi) is 43.4. The van der Waals surface area contributed by atoms with Gasteiger partial charge in [-0.25, -0.2) is 4.57 Å². The van der Waals surface area contributed by atoms with Crippen LogP contribution >= 0.6 is 7.82 Å². The van der Waals surface area contributed by atoms with Gasteiger partial charge in [0.05, 0.1) is 13.2 Å². The van der Waals surface area contributed by atoms with Crippen LogP contribution in [0.2, 0.25) is 0 Å². The van der Waals surface area contributed by atoms with Gasteiger partial charge in [-0.3, -0.25) is 18.6 Å². The molecule has 0 heterocycles. The van der Waals surface area contributed by atoms with Gasteiger partial charge < -0.3 is 20.1 Å². The van der Waals surface area contributed by atoms with E-state index in [1.165, 1.54) is 89.9 Å². The molecule has 0 radical (unpaired) electrons. The molecule has 0 aromatic heterocycles. The summed E-state index contributed by atoms with van der Waals surface area (Å²) in [5.74, 6) is -0.845. The number of unbranched alkanes of at least 4 members (excludes halogenated alkanes) is 22. The van der Waals surface area contributed by atoms with Gasteiger partial charge in [0.25, 0.3) is 0 Å². The van der Waals surface area contributed by atoms with E-state index in [0.29, 0.717) is 6.42 Å². The first-order valence-corrected chi connectivity index (χ1v) is 22.3. The second-order valence-corrected chi connectivity index (χ2v) is 15.3. The molecule has 2 atom stereocenters. The quantitative estimate of drug-likeness (QED) is 0.0270. The fourth-order valence-corrected chi connectivity index (χ4v) is 6.45. The van der Waals surface area contributed by atoms with Crippen LogP contribution in [0.3, 0.4) is 0 Å². The number of hydrogen-bond acceptors (Lipinski definition) is 8. The third-order valence-corrected chi connectivity index (χ3v) is 9.79. The topological polar surface area (TPSA) is 134 Å². The van der Waals surface area contributed by atoms with Gasteiger partial charge in [0.1, 0.15) is 6.61 Å². The molecule has 0 aromatic rings. The predicted octanol–water partition coefficient (Wildman–Crippen LogP) is 11.6. The summed E-state index contributed by atoms with van der Waals surface area (Å²) in [6.45, 7) is 3.71. The zero-order chi connectivity index (χ0) is 37.5. The van der Waals surface area contributed by atoms with Crippen molar-refractivity contribution in [1.82, 2.24) is 0 Å². The van der Waals surface area contributed by atoms with Crippen LogP contribution in [0.25, 0.3) is 0 Å². The van der Waals surface area contributed by atoms with Crippen molar-refractivity contribution in [2.45, 2.75) is 200 Å². The molecule has 0 fully saturated rings. The van der Waals surface area contributed by atoms with Gasteiger partial charge in [0.15, 0.2) is 6.10 Å². The van der Waals surface area contributed by atoms with Crippen LogP contribution in [0.5, 0.6) is 0 Å². The molecule has 11 heteroatoms. The first-order chi connectivity index (χ1) is 24.8. The summed E-state index contributed by atoms with van der Waals surface area (Å²) >= 11 is 0. The smallest absolute Gasteiger partial charge is 0.462 e. The number of hydrogen-bond donors (Lipinski definition) is 2. The number of allylic oxidation sites excluding steroid dienone is 4. The number of rotatable bonds is 39. The maximum atomic E-state index is 12.5. The molecule has 0 amide bonds. The minimum Gasteiger partial charge on any atom is -0.462 e. The minimum atomic E-state index is -4.37. The van der Waals surface area contributed by atoms with Gasteiger partial charge in [0, 0.05) is 57.1 Å². The fraction of sp³-hybridized carbons (Fsp3) is 0.854. The van der Waals surface area contributed by atoms with Crippen molar-refractivity contribution in [3.8, 4) is 0 Å². The number of phosphoric acid groups is 1. The van der Waals surface area contributed by atoms with E-state index >= 15 is 0 Å². The Bertz CT molecular complexity index is 904. The Morgan fingerprint density at radius 1 is 0.577 bits per heavy atom. The molecule has 2 unspecified atom stereocenters. The predicted molar refractivity (Wildman–Crippen MR) is 211 cm³/mol. The van der Waals surface area contributed by atoms with Gasteiger partial charge in [0.2, 0.25) is 0 Å². The van der Waals surface area contributed by atoms with Crippen molar-refractivity contribution < 1.29 is 75.3 Å². The largest absolute Gasteiger partial charge is 0.472 e. The van der Waals surface area contributed by atoms with E-state index in [-0.39, 0.29) is 70.3 Å². The Morgan fingerprint density at radius 2 is 0.962 bits per heavy atom. The monoisotopic (exact) mass is 784 g/mol. The molecule has 52 heavy (non-hydrogen) atoms. The van der Waals surface area contributed by atoms with Crippen LogP contribution in [-0.2, 0) is 32.7 Å². The molecule has 0 aliphatic heterocycles.